The van der Waals surface area contributed by atoms with Gasteiger partial charge in [-0.25, -0.2) is 4.98 Å². The van der Waals surface area contributed by atoms with Crippen molar-refractivity contribution in [3.05, 3.63) is 83.4 Å². The second kappa shape index (κ2) is 8.94. The average molecular weight is 427 g/mol. The van der Waals surface area contributed by atoms with E-state index < -0.39 is 0 Å². The number of carbonyl (C=O) groups excluding carboxylic acids is 1. The van der Waals surface area contributed by atoms with Gasteiger partial charge in [-0.15, -0.1) is 0 Å². The molecule has 1 aromatic heterocycles. The lowest BCUT2D eigenvalue weighted by atomic mass is 10.1. The Morgan fingerprint density at radius 3 is 2.72 bits per heavy atom. The van der Waals surface area contributed by atoms with Crippen molar-refractivity contribution in [1.29, 1.82) is 0 Å². The largest absolute Gasteiger partial charge is 0.436 e. The number of carbonyl (C=O) groups is 1. The lowest BCUT2D eigenvalue weighted by molar-refractivity contribution is 0.102. The number of benzene rings is 3. The molecule has 1 saturated heterocycles. The van der Waals surface area contributed by atoms with E-state index in [2.05, 4.69) is 21.6 Å². The smallest absolute Gasteiger partial charge is 0.255 e. The number of nitrogens with zero attached hydrogens (tertiary/aromatic N) is 2. The first-order valence-corrected chi connectivity index (χ1v) is 11.0. The number of aromatic nitrogens is 1. The van der Waals surface area contributed by atoms with Gasteiger partial charge in [-0.3, -0.25) is 9.69 Å². The van der Waals surface area contributed by atoms with Crippen LogP contribution in [0.25, 0.3) is 22.6 Å². The molecule has 1 amide bonds. The zero-order chi connectivity index (χ0) is 21.9. The molecule has 1 aliphatic rings. The monoisotopic (exact) mass is 426 g/mol. The lowest BCUT2D eigenvalue weighted by Crippen LogP contribution is -2.42. The van der Waals surface area contributed by atoms with Crippen molar-refractivity contribution in [3.63, 3.8) is 0 Å². The minimum Gasteiger partial charge on any atom is -0.436 e. The van der Waals surface area contributed by atoms with E-state index in [1.165, 1.54) is 0 Å². The third-order valence-corrected chi connectivity index (χ3v) is 5.79. The first-order valence-electron chi connectivity index (χ1n) is 11.0. The topological polar surface area (TPSA) is 70.4 Å². The summed E-state index contributed by atoms with van der Waals surface area (Å²) in [6.07, 6.45) is 0. The molecule has 162 valence electrons. The summed E-state index contributed by atoms with van der Waals surface area (Å²) in [4.78, 5) is 20.1. The van der Waals surface area contributed by atoms with Crippen LogP contribution < -0.4 is 10.6 Å². The first kappa shape index (κ1) is 20.4. The molecule has 0 aliphatic carbocycles. The van der Waals surface area contributed by atoms with E-state index in [0.717, 1.165) is 60.5 Å². The molecule has 0 radical (unpaired) electrons. The molecule has 0 bridgehead atoms. The van der Waals surface area contributed by atoms with E-state index in [1.54, 1.807) is 0 Å². The van der Waals surface area contributed by atoms with Crippen molar-refractivity contribution in [1.82, 2.24) is 15.2 Å². The Kier molecular flexibility index (Phi) is 5.71. The Morgan fingerprint density at radius 2 is 1.88 bits per heavy atom. The highest BCUT2D eigenvalue weighted by atomic mass is 16.3. The molecule has 0 atom stereocenters. The molecule has 32 heavy (non-hydrogen) atoms. The van der Waals surface area contributed by atoms with E-state index >= 15 is 0 Å². The van der Waals surface area contributed by atoms with Gasteiger partial charge in [-0.05, 0) is 42.8 Å². The summed E-state index contributed by atoms with van der Waals surface area (Å²) in [5.41, 5.74) is 5.89. The highest BCUT2D eigenvalue weighted by Crippen LogP contribution is 2.32. The van der Waals surface area contributed by atoms with Crippen LogP contribution in [0.2, 0.25) is 0 Å². The van der Waals surface area contributed by atoms with Crippen LogP contribution in [-0.4, -0.2) is 42.0 Å². The quantitative estimate of drug-likeness (QED) is 0.493. The van der Waals surface area contributed by atoms with Crippen molar-refractivity contribution < 1.29 is 9.21 Å². The maximum absolute atomic E-state index is 12.8. The minimum absolute atomic E-state index is 0.156. The summed E-state index contributed by atoms with van der Waals surface area (Å²) in [7, 11) is 0. The Morgan fingerprint density at radius 1 is 1.06 bits per heavy atom. The highest BCUT2D eigenvalue weighted by Gasteiger charge is 2.18. The van der Waals surface area contributed by atoms with E-state index in [0.29, 0.717) is 17.1 Å². The molecule has 1 aliphatic heterocycles. The fourth-order valence-electron chi connectivity index (χ4n) is 4.12. The zero-order valence-electron chi connectivity index (χ0n) is 18.1. The van der Waals surface area contributed by atoms with Crippen LogP contribution in [0.3, 0.4) is 0 Å². The van der Waals surface area contributed by atoms with Gasteiger partial charge in [0.15, 0.2) is 5.58 Å². The molecule has 2 heterocycles. The summed E-state index contributed by atoms with van der Waals surface area (Å²) in [6, 6.07) is 21.2. The van der Waals surface area contributed by atoms with Gasteiger partial charge in [0.2, 0.25) is 5.89 Å². The number of anilines is 1. The lowest BCUT2D eigenvalue weighted by Gasteiger charge is -2.27. The van der Waals surface area contributed by atoms with Crippen LogP contribution in [0, 0.1) is 6.92 Å². The molecule has 4 aromatic rings. The van der Waals surface area contributed by atoms with Crippen LogP contribution in [0.1, 0.15) is 21.5 Å². The predicted molar refractivity (Wildman–Crippen MR) is 127 cm³/mol. The fourth-order valence-corrected chi connectivity index (χ4v) is 4.12. The average Bonchev–Trinajstić information content (AvgIpc) is 3.25. The third-order valence-electron chi connectivity index (χ3n) is 5.79. The van der Waals surface area contributed by atoms with E-state index in [1.807, 2.05) is 67.6 Å². The van der Waals surface area contributed by atoms with Gasteiger partial charge in [-0.2, -0.15) is 0 Å². The summed E-state index contributed by atoms with van der Waals surface area (Å²) in [5, 5.41) is 6.41. The minimum atomic E-state index is -0.156. The molecule has 0 saturated carbocycles. The number of oxazole rings is 1. The Hall–Kier alpha value is -3.48. The molecule has 2 N–H and O–H groups in total. The van der Waals surface area contributed by atoms with Gasteiger partial charge >= 0.3 is 0 Å². The maximum Gasteiger partial charge on any atom is 0.255 e. The van der Waals surface area contributed by atoms with E-state index in [9.17, 15) is 4.79 Å². The number of piperazine rings is 1. The Labute approximate surface area is 187 Å². The van der Waals surface area contributed by atoms with Crippen LogP contribution in [0.15, 0.2) is 71.1 Å². The second-order valence-corrected chi connectivity index (χ2v) is 8.18. The second-order valence-electron chi connectivity index (χ2n) is 8.18. The van der Waals surface area contributed by atoms with Gasteiger partial charge in [0.1, 0.15) is 5.52 Å². The van der Waals surface area contributed by atoms with Crippen LogP contribution >= 0.6 is 0 Å². The van der Waals surface area contributed by atoms with Crippen LogP contribution in [-0.2, 0) is 6.54 Å². The van der Waals surface area contributed by atoms with E-state index in [4.69, 9.17) is 9.40 Å². The molecule has 1 fully saturated rings. The number of rotatable bonds is 5. The summed E-state index contributed by atoms with van der Waals surface area (Å²) >= 11 is 0. The predicted octanol–water partition coefficient (Wildman–Crippen LogP) is 4.46. The van der Waals surface area contributed by atoms with Crippen molar-refractivity contribution in [2.75, 3.05) is 31.5 Å². The zero-order valence-corrected chi connectivity index (χ0v) is 18.1. The molecule has 6 nitrogen and oxygen atoms in total. The van der Waals surface area contributed by atoms with Crippen molar-refractivity contribution in [3.8, 4) is 11.5 Å². The van der Waals surface area contributed by atoms with Crippen LogP contribution in [0.5, 0.6) is 0 Å². The SMILES string of the molecule is Cc1cccc(C(=O)Nc2ccccc2-c2nc3c(CN4CCNCC4)cccc3o2)c1. The maximum atomic E-state index is 12.8. The van der Waals surface area contributed by atoms with Crippen molar-refractivity contribution in [2.24, 2.45) is 0 Å². The van der Waals surface area contributed by atoms with Gasteiger partial charge in [0, 0.05) is 38.3 Å². The summed E-state index contributed by atoms with van der Waals surface area (Å²) < 4.78 is 6.14. The van der Waals surface area contributed by atoms with Gasteiger partial charge < -0.3 is 15.1 Å². The number of fused-ring (bicyclic) bond motifs is 1. The van der Waals surface area contributed by atoms with Crippen molar-refractivity contribution in [2.45, 2.75) is 13.5 Å². The fraction of sp³-hybridized carbons (Fsp3) is 0.231. The van der Waals surface area contributed by atoms with Gasteiger partial charge in [0.25, 0.3) is 5.91 Å². The number of amides is 1. The van der Waals surface area contributed by atoms with Crippen molar-refractivity contribution >= 4 is 22.7 Å². The number of hydrogen-bond donors (Lipinski definition) is 2. The molecule has 6 heteroatoms. The number of para-hydroxylation sites is 2. The first-order chi connectivity index (χ1) is 15.7. The van der Waals surface area contributed by atoms with E-state index in [-0.39, 0.29) is 5.91 Å². The third kappa shape index (κ3) is 4.28. The Bertz CT molecular complexity index is 1260. The molecular weight excluding hydrogens is 400 g/mol. The summed E-state index contributed by atoms with van der Waals surface area (Å²) in [6.45, 7) is 6.88. The molecular formula is C26H26N4O2. The molecule has 3 aromatic carbocycles. The normalized spacial score (nSPS) is 14.5. The number of hydrogen-bond acceptors (Lipinski definition) is 5. The number of nitrogens with one attached hydrogen (secondary N) is 2. The molecule has 0 unspecified atom stereocenters. The van der Waals surface area contributed by atoms with Gasteiger partial charge in [0.05, 0.1) is 11.3 Å². The molecule has 0 spiro atoms. The standard InChI is InChI=1S/C26H26N4O2/c1-18-6-4-7-19(16-18)25(31)28-22-10-3-2-9-21(22)26-29-24-20(8-5-11-23(24)32-26)17-30-14-12-27-13-15-30/h2-11,16,27H,12-15,17H2,1H3,(H,28,31). The Balaban J connectivity index is 1.45. The van der Waals surface area contributed by atoms with Gasteiger partial charge in [-0.1, -0.05) is 42.0 Å². The molecule has 5 rings (SSSR count). The number of aryl methyl sites for hydroxylation is 1. The highest BCUT2D eigenvalue weighted by molar-refractivity contribution is 6.06. The summed E-state index contributed by atoms with van der Waals surface area (Å²) in [5.74, 6) is 0.351. The van der Waals surface area contributed by atoms with Crippen LogP contribution in [0.4, 0.5) is 5.69 Å².